The predicted octanol–water partition coefficient (Wildman–Crippen LogP) is 3.81. The summed E-state index contributed by atoms with van der Waals surface area (Å²) < 4.78 is 7.88. The number of hydrogen-bond donors (Lipinski definition) is 0. The first kappa shape index (κ1) is 31.7. The molecule has 1 saturated carbocycles. The molecule has 0 N–H and O–H groups in total. The van der Waals surface area contributed by atoms with Crippen LogP contribution in [-0.2, 0) is 15.7 Å². The fraction of sp³-hybridized carbons (Fsp3) is 0.438. The third-order valence-electron chi connectivity index (χ3n) is 6.09. The highest BCUT2D eigenvalue weighted by molar-refractivity contribution is 6.28. The fourth-order valence-electron chi connectivity index (χ4n) is 5.04. The number of benzene rings is 3. The molecule has 1 aliphatic rings. The molecule has 1 unspecified atom stereocenters. The first-order valence-electron chi connectivity index (χ1n) is 13.4. The largest absolute Gasteiger partial charge is 0.871 e. The Bertz CT molecular complexity index is 1000. The van der Waals surface area contributed by atoms with Gasteiger partial charge in [-0.15, -0.1) is 0 Å². The summed E-state index contributed by atoms with van der Waals surface area (Å²) in [5, 5.41) is 23.9. The zero-order valence-corrected chi connectivity index (χ0v) is 24.7. The molecule has 0 heterocycles. The molecule has 0 amide bonds. The van der Waals surface area contributed by atoms with Crippen LogP contribution in [0.3, 0.4) is 0 Å². The van der Waals surface area contributed by atoms with E-state index in [1.54, 1.807) is 0 Å². The van der Waals surface area contributed by atoms with E-state index in [2.05, 4.69) is 80.6 Å². The lowest BCUT2D eigenvalue weighted by Crippen LogP contribution is -2.61. The van der Waals surface area contributed by atoms with Crippen LogP contribution < -0.4 is 10.0 Å². The Morgan fingerprint density at radius 3 is 1.21 bits per heavy atom. The highest BCUT2D eigenvalue weighted by atomic mass is 16.6. The van der Waals surface area contributed by atoms with Gasteiger partial charge < -0.3 is 23.7 Å². The maximum atomic E-state index is 11.9. The summed E-state index contributed by atoms with van der Waals surface area (Å²) in [6.07, 6.45) is 3.34. The topological polar surface area (TPSA) is 55.3 Å². The van der Waals surface area contributed by atoms with Gasteiger partial charge in [-0.25, -0.2) is 0 Å². The lowest BCUT2D eigenvalue weighted by atomic mass is 9.54. The van der Waals surface area contributed by atoms with Crippen molar-refractivity contribution in [2.75, 3.05) is 56.4 Å². The standard InChI is InChI=1S/C24H23BO3.2C4H12N/c26-25(27)28-24(22-16-8-3-9-17-22)19-11-10-18-23(24,20-12-4-1-5-13-20)21-14-6-2-7-15-21;2*1-5(2,3)4/h1-9,12-17H,10-11,18-19H2;2*1-4H3/q-2;2*+1. The average molecular weight is 519 g/mol. The molecule has 3 aromatic carbocycles. The van der Waals surface area contributed by atoms with Crippen molar-refractivity contribution in [3.8, 4) is 0 Å². The summed E-state index contributed by atoms with van der Waals surface area (Å²) in [7, 11) is 14.6. The zero-order chi connectivity index (χ0) is 28.5. The van der Waals surface area contributed by atoms with Gasteiger partial charge in [0.05, 0.1) is 74.7 Å². The molecular formula is C32H47BN2O3. The van der Waals surface area contributed by atoms with Gasteiger partial charge in [-0.2, -0.15) is 0 Å². The van der Waals surface area contributed by atoms with Gasteiger partial charge in [0.25, 0.3) is 0 Å². The van der Waals surface area contributed by atoms with E-state index in [0.29, 0.717) is 6.42 Å². The molecule has 38 heavy (non-hydrogen) atoms. The van der Waals surface area contributed by atoms with E-state index in [9.17, 15) is 10.0 Å². The minimum Gasteiger partial charge on any atom is -0.871 e. The molecule has 0 bridgehead atoms. The Labute approximate surface area is 231 Å². The molecule has 0 radical (unpaired) electrons. The number of quaternary nitrogens is 2. The summed E-state index contributed by atoms with van der Waals surface area (Å²) in [6.45, 7) is 0. The van der Waals surface area contributed by atoms with Gasteiger partial charge in [-0.3, -0.25) is 0 Å². The molecule has 1 aliphatic carbocycles. The summed E-state index contributed by atoms with van der Waals surface area (Å²) in [5.41, 5.74) is 1.42. The van der Waals surface area contributed by atoms with E-state index < -0.39 is 18.3 Å². The second-order valence-corrected chi connectivity index (χ2v) is 12.8. The van der Waals surface area contributed by atoms with E-state index in [4.69, 9.17) is 4.65 Å². The van der Waals surface area contributed by atoms with Crippen LogP contribution in [0.25, 0.3) is 0 Å². The molecule has 206 valence electrons. The lowest BCUT2D eigenvalue weighted by Gasteiger charge is -2.58. The summed E-state index contributed by atoms with van der Waals surface area (Å²) in [6, 6.07) is 30.2. The van der Waals surface area contributed by atoms with Crippen LogP contribution in [0.4, 0.5) is 0 Å². The molecule has 1 fully saturated rings. The van der Waals surface area contributed by atoms with Crippen molar-refractivity contribution in [3.05, 3.63) is 108 Å². The lowest BCUT2D eigenvalue weighted by molar-refractivity contribution is -0.849. The minimum absolute atomic E-state index is 0.609. The number of rotatable bonds is 5. The summed E-state index contributed by atoms with van der Waals surface area (Å²) in [4.78, 5) is 0. The zero-order valence-electron chi connectivity index (χ0n) is 24.7. The quantitative estimate of drug-likeness (QED) is 0.381. The normalized spacial score (nSPS) is 18.8. The average Bonchev–Trinajstić information content (AvgIpc) is 2.84. The van der Waals surface area contributed by atoms with Crippen molar-refractivity contribution < 1.29 is 23.7 Å². The highest BCUT2D eigenvalue weighted by Crippen LogP contribution is 2.57. The Kier molecular flexibility index (Phi) is 11.3. The van der Waals surface area contributed by atoms with Crippen LogP contribution in [0.2, 0.25) is 0 Å². The van der Waals surface area contributed by atoms with Gasteiger partial charge in [-0.1, -0.05) is 104 Å². The predicted molar refractivity (Wildman–Crippen MR) is 155 cm³/mol. The third kappa shape index (κ3) is 9.07. The van der Waals surface area contributed by atoms with Gasteiger partial charge in [0.2, 0.25) is 0 Å². The maximum absolute atomic E-state index is 11.9. The van der Waals surface area contributed by atoms with Gasteiger partial charge in [0, 0.05) is 0 Å². The van der Waals surface area contributed by atoms with Crippen LogP contribution in [0.1, 0.15) is 42.4 Å². The Hall–Kier alpha value is -2.48. The van der Waals surface area contributed by atoms with Crippen molar-refractivity contribution in [3.63, 3.8) is 0 Å². The van der Waals surface area contributed by atoms with Crippen molar-refractivity contribution in [1.29, 1.82) is 0 Å². The van der Waals surface area contributed by atoms with Gasteiger partial charge in [0.1, 0.15) is 0 Å². The molecule has 0 spiro atoms. The molecule has 6 heteroatoms. The van der Waals surface area contributed by atoms with Gasteiger partial charge >= 0.3 is 0 Å². The first-order chi connectivity index (χ1) is 17.7. The van der Waals surface area contributed by atoms with Crippen molar-refractivity contribution in [2.45, 2.75) is 36.7 Å². The smallest absolute Gasteiger partial charge is 0.0872 e. The Morgan fingerprint density at radius 2 is 0.868 bits per heavy atom. The van der Waals surface area contributed by atoms with E-state index >= 15 is 0 Å². The number of nitrogens with zero attached hydrogens (tertiary/aromatic N) is 2. The van der Waals surface area contributed by atoms with Crippen LogP contribution >= 0.6 is 0 Å². The van der Waals surface area contributed by atoms with Crippen molar-refractivity contribution in [1.82, 2.24) is 0 Å². The summed E-state index contributed by atoms with van der Waals surface area (Å²) in [5.74, 6) is 0. The highest BCUT2D eigenvalue weighted by Gasteiger charge is 2.55. The molecule has 1 atom stereocenters. The first-order valence-corrected chi connectivity index (χ1v) is 13.4. The van der Waals surface area contributed by atoms with Crippen molar-refractivity contribution >= 4 is 7.32 Å². The van der Waals surface area contributed by atoms with Gasteiger partial charge in [-0.05, 0) is 29.5 Å². The molecule has 0 aromatic heterocycles. The summed E-state index contributed by atoms with van der Waals surface area (Å²) >= 11 is 0. The van der Waals surface area contributed by atoms with Crippen LogP contribution in [0.15, 0.2) is 91.0 Å². The SMILES string of the molecule is C[N+](C)(C)C.C[N+](C)(C)C.[O-]B([O-])OC1(c2ccccc2)CCCCC1(c1ccccc1)c1ccccc1. The monoisotopic (exact) mass is 518 g/mol. The van der Waals surface area contributed by atoms with Crippen LogP contribution in [-0.4, -0.2) is 72.7 Å². The van der Waals surface area contributed by atoms with E-state index in [-0.39, 0.29) is 0 Å². The minimum atomic E-state index is -2.36. The molecule has 3 aromatic rings. The van der Waals surface area contributed by atoms with Crippen LogP contribution in [0, 0.1) is 0 Å². The molecule has 5 nitrogen and oxygen atoms in total. The molecule has 4 rings (SSSR count). The van der Waals surface area contributed by atoms with E-state index in [1.165, 1.54) is 0 Å². The third-order valence-corrected chi connectivity index (χ3v) is 6.09. The van der Waals surface area contributed by atoms with E-state index in [1.807, 2.05) is 66.7 Å². The maximum Gasteiger partial charge on any atom is 0.0872 e. The van der Waals surface area contributed by atoms with Gasteiger partial charge in [0.15, 0.2) is 0 Å². The second kappa shape index (κ2) is 13.5. The van der Waals surface area contributed by atoms with Crippen molar-refractivity contribution in [2.24, 2.45) is 0 Å². The van der Waals surface area contributed by atoms with E-state index in [0.717, 1.165) is 44.9 Å². The Morgan fingerprint density at radius 1 is 0.553 bits per heavy atom. The molecule has 0 saturated heterocycles. The molecule has 0 aliphatic heterocycles. The molecular weight excluding hydrogens is 471 g/mol. The van der Waals surface area contributed by atoms with Crippen LogP contribution in [0.5, 0.6) is 0 Å². The fourth-order valence-corrected chi connectivity index (χ4v) is 5.04. The number of hydrogen-bond acceptors (Lipinski definition) is 3. The Balaban J connectivity index is 0.000000435. The second-order valence-electron chi connectivity index (χ2n) is 12.8.